The monoisotopic (exact) mass is 355 g/mol. The molecule has 3 rings (SSSR count). The summed E-state index contributed by atoms with van der Waals surface area (Å²) in [6.45, 7) is 4.34. The first-order valence-electron chi connectivity index (χ1n) is 9.02. The zero-order chi connectivity index (χ0) is 18.5. The van der Waals surface area contributed by atoms with E-state index in [0.717, 1.165) is 36.6 Å². The van der Waals surface area contributed by atoms with Crippen LogP contribution in [-0.2, 0) is 17.8 Å². The fourth-order valence-electron chi connectivity index (χ4n) is 3.57. The van der Waals surface area contributed by atoms with Gasteiger partial charge < -0.3 is 19.7 Å². The van der Waals surface area contributed by atoms with E-state index in [0.29, 0.717) is 6.54 Å². The molecule has 0 fully saturated rings. The summed E-state index contributed by atoms with van der Waals surface area (Å²) in [5.74, 6) is 1.55. The first-order valence-corrected chi connectivity index (χ1v) is 9.02. The van der Waals surface area contributed by atoms with Crippen molar-refractivity contribution in [3.05, 3.63) is 59.2 Å². The van der Waals surface area contributed by atoms with Crippen LogP contribution < -0.4 is 19.7 Å². The maximum absolute atomic E-state index is 12.6. The van der Waals surface area contributed by atoms with Crippen molar-refractivity contribution in [2.24, 2.45) is 0 Å². The van der Waals surface area contributed by atoms with Crippen LogP contribution >= 0.6 is 0 Å². The number of carbonyl (C=O) groups excluding carboxylic acids is 1. The number of fused-ring (bicyclic) bond motifs is 1. The Hall–Kier alpha value is -2.53. The third-order valence-electron chi connectivity index (χ3n) is 5.00. The summed E-state index contributed by atoms with van der Waals surface area (Å²) in [6.07, 6.45) is 1.03. The summed E-state index contributed by atoms with van der Waals surface area (Å²) in [4.78, 5) is 13.9. The molecule has 0 saturated carbocycles. The van der Waals surface area contributed by atoms with Crippen molar-refractivity contribution in [3.8, 4) is 11.5 Å². The molecule has 0 aliphatic carbocycles. The average Bonchev–Trinajstić information content (AvgIpc) is 2.67. The van der Waals surface area contributed by atoms with Gasteiger partial charge in [0.2, 0.25) is 0 Å². The summed E-state index contributed by atoms with van der Waals surface area (Å²) in [5, 5.41) is 3.10. The number of benzene rings is 2. The van der Waals surface area contributed by atoms with Gasteiger partial charge in [0.15, 0.2) is 6.54 Å². The van der Waals surface area contributed by atoms with Gasteiger partial charge >= 0.3 is 0 Å². The van der Waals surface area contributed by atoms with E-state index in [9.17, 15) is 4.79 Å². The molecule has 2 aromatic rings. The third kappa shape index (κ3) is 4.17. The maximum Gasteiger partial charge on any atom is 0.275 e. The number of amides is 1. The number of carbonyl (C=O) groups is 1. The number of quaternary nitrogens is 1. The molecule has 0 radical (unpaired) electrons. The molecule has 1 unspecified atom stereocenters. The van der Waals surface area contributed by atoms with Crippen LogP contribution in [0.5, 0.6) is 11.5 Å². The van der Waals surface area contributed by atoms with Crippen molar-refractivity contribution in [2.45, 2.75) is 25.9 Å². The summed E-state index contributed by atoms with van der Waals surface area (Å²) < 4.78 is 10.7. The Morgan fingerprint density at radius 3 is 2.65 bits per heavy atom. The van der Waals surface area contributed by atoms with Crippen molar-refractivity contribution >= 4 is 5.91 Å². The van der Waals surface area contributed by atoms with E-state index in [4.69, 9.17) is 9.47 Å². The van der Waals surface area contributed by atoms with Gasteiger partial charge in [0.25, 0.3) is 5.91 Å². The van der Waals surface area contributed by atoms with Crippen LogP contribution in [0.4, 0.5) is 0 Å². The predicted octanol–water partition coefficient (Wildman–Crippen LogP) is 1.52. The van der Waals surface area contributed by atoms with E-state index in [1.807, 2.05) is 25.1 Å². The zero-order valence-electron chi connectivity index (χ0n) is 15.7. The van der Waals surface area contributed by atoms with Crippen LogP contribution in [0.25, 0.3) is 0 Å². The minimum Gasteiger partial charge on any atom is -0.497 e. The van der Waals surface area contributed by atoms with E-state index in [1.54, 1.807) is 14.2 Å². The normalized spacial score (nSPS) is 17.1. The Balaban J connectivity index is 1.62. The van der Waals surface area contributed by atoms with E-state index in [1.165, 1.54) is 16.0 Å². The summed E-state index contributed by atoms with van der Waals surface area (Å²) in [6, 6.07) is 14.0. The van der Waals surface area contributed by atoms with E-state index < -0.39 is 0 Å². The van der Waals surface area contributed by atoms with E-state index in [2.05, 4.69) is 29.6 Å². The molecule has 0 spiro atoms. The molecule has 5 heteroatoms. The van der Waals surface area contributed by atoms with Crippen molar-refractivity contribution in [1.29, 1.82) is 0 Å². The van der Waals surface area contributed by atoms with Crippen LogP contribution in [0.2, 0.25) is 0 Å². The topological polar surface area (TPSA) is 52.0 Å². The molecule has 138 valence electrons. The van der Waals surface area contributed by atoms with Crippen LogP contribution in [0.1, 0.15) is 29.7 Å². The van der Waals surface area contributed by atoms with Crippen LogP contribution in [-0.4, -0.2) is 33.2 Å². The van der Waals surface area contributed by atoms with E-state index >= 15 is 0 Å². The van der Waals surface area contributed by atoms with Gasteiger partial charge in [-0.05, 0) is 30.7 Å². The largest absolute Gasteiger partial charge is 0.497 e. The summed E-state index contributed by atoms with van der Waals surface area (Å²) >= 11 is 0. The minimum absolute atomic E-state index is 0.0526. The molecule has 5 nitrogen and oxygen atoms in total. The highest BCUT2D eigenvalue weighted by Gasteiger charge is 2.23. The number of ether oxygens (including phenoxy) is 2. The molecule has 1 aliphatic rings. The highest BCUT2D eigenvalue weighted by molar-refractivity contribution is 5.77. The van der Waals surface area contributed by atoms with Gasteiger partial charge in [-0.1, -0.05) is 24.3 Å². The number of methoxy groups -OCH3 is 2. The molecule has 0 bridgehead atoms. The highest BCUT2D eigenvalue weighted by Crippen LogP contribution is 2.29. The lowest BCUT2D eigenvalue weighted by atomic mass is 10.00. The van der Waals surface area contributed by atoms with Crippen molar-refractivity contribution in [1.82, 2.24) is 5.32 Å². The molecule has 1 heterocycles. The molecule has 26 heavy (non-hydrogen) atoms. The lowest BCUT2D eigenvalue weighted by molar-refractivity contribution is -0.908. The van der Waals surface area contributed by atoms with Gasteiger partial charge in [0, 0.05) is 17.5 Å². The maximum atomic E-state index is 12.6. The van der Waals surface area contributed by atoms with E-state index in [-0.39, 0.29) is 11.9 Å². The standard InChI is InChI=1S/C21H26N2O3/c1-15(19-12-18(25-2)8-9-20(19)26-3)22-21(24)14-23-11-10-16-6-4-5-7-17(16)13-23/h4-9,12,15H,10-11,13-14H2,1-3H3,(H,22,24)/p+1/t15-/m0/s1. The molecule has 0 saturated heterocycles. The summed E-state index contributed by atoms with van der Waals surface area (Å²) in [7, 11) is 3.27. The number of rotatable bonds is 6. The van der Waals surface area contributed by atoms with Crippen molar-refractivity contribution in [3.63, 3.8) is 0 Å². The molecule has 0 aromatic heterocycles. The van der Waals surface area contributed by atoms with Crippen molar-refractivity contribution < 1.29 is 19.2 Å². The van der Waals surface area contributed by atoms with Gasteiger partial charge in [-0.2, -0.15) is 0 Å². The second-order valence-corrected chi connectivity index (χ2v) is 6.77. The second kappa shape index (κ2) is 8.23. The number of nitrogens with one attached hydrogen (secondary N) is 2. The van der Waals surface area contributed by atoms with Crippen LogP contribution in [0, 0.1) is 0 Å². The molecule has 2 aromatic carbocycles. The van der Waals surface area contributed by atoms with Gasteiger partial charge in [0.1, 0.15) is 18.0 Å². The van der Waals surface area contributed by atoms with Gasteiger partial charge in [-0.15, -0.1) is 0 Å². The molecule has 2 atom stereocenters. The fraction of sp³-hybridized carbons (Fsp3) is 0.381. The Bertz CT molecular complexity index is 776. The second-order valence-electron chi connectivity index (χ2n) is 6.77. The molecule has 2 N–H and O–H groups in total. The minimum atomic E-state index is -0.149. The Labute approximate surface area is 154 Å². The first kappa shape index (κ1) is 18.3. The predicted molar refractivity (Wildman–Crippen MR) is 101 cm³/mol. The van der Waals surface area contributed by atoms with Crippen molar-refractivity contribution in [2.75, 3.05) is 27.3 Å². The smallest absolute Gasteiger partial charge is 0.275 e. The van der Waals surface area contributed by atoms with Gasteiger partial charge in [-0.25, -0.2) is 0 Å². The Kier molecular flexibility index (Phi) is 5.78. The summed E-state index contributed by atoms with van der Waals surface area (Å²) in [5.41, 5.74) is 3.68. The zero-order valence-corrected chi connectivity index (χ0v) is 15.7. The fourth-order valence-corrected chi connectivity index (χ4v) is 3.57. The Morgan fingerprint density at radius 1 is 1.15 bits per heavy atom. The molecule has 1 aliphatic heterocycles. The SMILES string of the molecule is COc1ccc(OC)c([C@H](C)NC(=O)C[NH+]2CCc3ccccc3C2)c1. The number of hydrogen-bond acceptors (Lipinski definition) is 3. The van der Waals surface area contributed by atoms with Crippen LogP contribution in [0.3, 0.4) is 0 Å². The lowest BCUT2D eigenvalue weighted by Gasteiger charge is -2.26. The Morgan fingerprint density at radius 2 is 1.92 bits per heavy atom. The molecule has 1 amide bonds. The molecular formula is C21H27N2O3+. The molecular weight excluding hydrogens is 328 g/mol. The van der Waals surface area contributed by atoms with Gasteiger partial charge in [-0.3, -0.25) is 4.79 Å². The lowest BCUT2D eigenvalue weighted by Crippen LogP contribution is -3.12. The number of hydrogen-bond donors (Lipinski definition) is 2. The average molecular weight is 355 g/mol. The third-order valence-corrected chi connectivity index (χ3v) is 5.00. The first-order chi connectivity index (χ1) is 12.6. The van der Waals surface area contributed by atoms with Crippen LogP contribution in [0.15, 0.2) is 42.5 Å². The van der Waals surface area contributed by atoms with Gasteiger partial charge in [0.05, 0.1) is 26.8 Å². The quantitative estimate of drug-likeness (QED) is 0.826. The highest BCUT2D eigenvalue weighted by atomic mass is 16.5.